The second-order valence-corrected chi connectivity index (χ2v) is 6.58. The van der Waals surface area contributed by atoms with E-state index >= 15 is 0 Å². The predicted octanol–water partition coefficient (Wildman–Crippen LogP) is 3.88. The number of nitrogens with one attached hydrogen (secondary N) is 1. The van der Waals surface area contributed by atoms with Crippen LogP contribution in [0, 0.1) is 13.8 Å². The maximum Gasteiger partial charge on any atom is 0.326 e. The smallest absolute Gasteiger partial charge is 0.326 e. The van der Waals surface area contributed by atoms with Gasteiger partial charge in [0.2, 0.25) is 0 Å². The Bertz CT molecular complexity index is 953. The van der Waals surface area contributed by atoms with Gasteiger partial charge in [-0.2, -0.15) is 0 Å². The fourth-order valence-corrected chi connectivity index (χ4v) is 3.24. The number of carbonyl (C=O) groups is 2. The first-order valence-electron chi connectivity index (χ1n) is 8.52. The molecule has 0 bridgehead atoms. The zero-order valence-corrected chi connectivity index (χ0v) is 14.8. The number of carboxylic acids is 1. The molecule has 4 nitrogen and oxygen atoms in total. The summed E-state index contributed by atoms with van der Waals surface area (Å²) in [6.07, 6.45) is 0.229. The number of amides is 1. The average molecular weight is 347 g/mol. The Morgan fingerprint density at radius 1 is 0.962 bits per heavy atom. The van der Waals surface area contributed by atoms with Crippen molar-refractivity contribution in [2.45, 2.75) is 26.3 Å². The SMILES string of the molecule is Cc1cc(C)cc(C(=O)N[C@H](Cc2cccc3ccccc23)C(=O)O)c1. The van der Waals surface area contributed by atoms with Gasteiger partial charge in [0.25, 0.3) is 5.91 Å². The monoisotopic (exact) mass is 347 g/mol. The standard InChI is InChI=1S/C22H21NO3/c1-14-10-15(2)12-18(11-14)21(24)23-20(22(25)26)13-17-8-5-7-16-6-3-4-9-19(16)17/h3-12,20H,13H2,1-2H3,(H,23,24)(H,25,26)/t20-/m1/s1. The van der Waals surface area contributed by atoms with Gasteiger partial charge in [-0.1, -0.05) is 59.7 Å². The minimum absolute atomic E-state index is 0.229. The third-order valence-corrected chi connectivity index (χ3v) is 4.39. The molecule has 2 N–H and O–H groups in total. The molecule has 4 heteroatoms. The Labute approximate surface area is 152 Å². The van der Waals surface area contributed by atoms with E-state index in [2.05, 4.69) is 5.32 Å². The number of hydrogen-bond acceptors (Lipinski definition) is 2. The largest absolute Gasteiger partial charge is 0.480 e. The zero-order chi connectivity index (χ0) is 18.7. The van der Waals surface area contributed by atoms with Gasteiger partial charge in [-0.15, -0.1) is 0 Å². The molecule has 3 aromatic carbocycles. The molecule has 0 saturated carbocycles. The molecule has 132 valence electrons. The number of carboxylic acid groups (broad SMARTS) is 1. The van der Waals surface area contributed by atoms with Crippen LogP contribution in [0.5, 0.6) is 0 Å². The van der Waals surface area contributed by atoms with Crippen LogP contribution in [0.2, 0.25) is 0 Å². The van der Waals surface area contributed by atoms with Crippen LogP contribution in [0.15, 0.2) is 60.7 Å². The van der Waals surface area contributed by atoms with E-state index in [0.29, 0.717) is 5.56 Å². The van der Waals surface area contributed by atoms with Crippen molar-refractivity contribution in [1.82, 2.24) is 5.32 Å². The Kier molecular flexibility index (Phi) is 5.03. The van der Waals surface area contributed by atoms with E-state index in [9.17, 15) is 14.7 Å². The van der Waals surface area contributed by atoms with Gasteiger partial charge in [0.1, 0.15) is 6.04 Å². The van der Waals surface area contributed by atoms with Gasteiger partial charge in [0.05, 0.1) is 0 Å². The van der Waals surface area contributed by atoms with Gasteiger partial charge in [-0.25, -0.2) is 4.79 Å². The fraction of sp³-hybridized carbons (Fsp3) is 0.182. The maximum atomic E-state index is 12.5. The highest BCUT2D eigenvalue weighted by Crippen LogP contribution is 2.20. The molecule has 0 fully saturated rings. The first kappa shape index (κ1) is 17.7. The minimum atomic E-state index is -1.05. The third kappa shape index (κ3) is 3.91. The van der Waals surface area contributed by atoms with E-state index in [4.69, 9.17) is 0 Å². The fourth-order valence-electron chi connectivity index (χ4n) is 3.24. The highest BCUT2D eigenvalue weighted by atomic mass is 16.4. The molecule has 26 heavy (non-hydrogen) atoms. The first-order chi connectivity index (χ1) is 12.4. The van der Waals surface area contributed by atoms with Crippen molar-refractivity contribution in [2.24, 2.45) is 0 Å². The summed E-state index contributed by atoms with van der Waals surface area (Å²) in [4.78, 5) is 24.3. The molecule has 0 unspecified atom stereocenters. The van der Waals surface area contributed by atoms with Crippen molar-refractivity contribution < 1.29 is 14.7 Å². The van der Waals surface area contributed by atoms with Crippen LogP contribution in [0.25, 0.3) is 10.8 Å². The Hall–Kier alpha value is -3.14. The third-order valence-electron chi connectivity index (χ3n) is 4.39. The number of benzene rings is 3. The summed E-state index contributed by atoms with van der Waals surface area (Å²) in [6.45, 7) is 3.82. The highest BCUT2D eigenvalue weighted by Gasteiger charge is 2.22. The summed E-state index contributed by atoms with van der Waals surface area (Å²) in [5.41, 5.74) is 3.31. The lowest BCUT2D eigenvalue weighted by Gasteiger charge is -2.16. The number of rotatable bonds is 5. The zero-order valence-electron chi connectivity index (χ0n) is 14.8. The maximum absolute atomic E-state index is 12.5. The van der Waals surface area contributed by atoms with Crippen molar-refractivity contribution in [3.63, 3.8) is 0 Å². The van der Waals surface area contributed by atoms with Crippen molar-refractivity contribution in [2.75, 3.05) is 0 Å². The molecular formula is C22H21NO3. The molecule has 0 saturated heterocycles. The Morgan fingerprint density at radius 2 is 1.62 bits per heavy atom. The van der Waals surface area contributed by atoms with Gasteiger partial charge >= 0.3 is 5.97 Å². The number of hydrogen-bond donors (Lipinski definition) is 2. The summed E-state index contributed by atoms with van der Waals surface area (Å²) in [5.74, 6) is -1.42. The predicted molar refractivity (Wildman–Crippen MR) is 102 cm³/mol. The van der Waals surface area contributed by atoms with Crippen LogP contribution in [0.4, 0.5) is 0 Å². The first-order valence-corrected chi connectivity index (χ1v) is 8.52. The Morgan fingerprint density at radius 3 is 2.31 bits per heavy atom. The van der Waals surface area contributed by atoms with Crippen molar-refractivity contribution >= 4 is 22.6 Å². The minimum Gasteiger partial charge on any atom is -0.480 e. The lowest BCUT2D eigenvalue weighted by Crippen LogP contribution is -2.42. The number of fused-ring (bicyclic) bond motifs is 1. The van der Waals surface area contributed by atoms with Gasteiger partial charge in [0.15, 0.2) is 0 Å². The van der Waals surface area contributed by atoms with E-state index in [1.807, 2.05) is 62.4 Å². The molecule has 1 atom stereocenters. The molecule has 0 heterocycles. The molecule has 0 spiro atoms. The van der Waals surface area contributed by atoms with Crippen LogP contribution >= 0.6 is 0 Å². The van der Waals surface area contributed by atoms with Gasteiger partial charge in [-0.3, -0.25) is 4.79 Å². The molecule has 0 aliphatic heterocycles. The van der Waals surface area contributed by atoms with Gasteiger partial charge in [-0.05, 0) is 42.3 Å². The van der Waals surface area contributed by atoms with Gasteiger partial charge < -0.3 is 10.4 Å². The normalized spacial score (nSPS) is 11.9. The van der Waals surface area contributed by atoms with E-state index in [1.54, 1.807) is 12.1 Å². The van der Waals surface area contributed by atoms with Crippen LogP contribution in [-0.4, -0.2) is 23.0 Å². The van der Waals surface area contributed by atoms with Gasteiger partial charge in [0, 0.05) is 12.0 Å². The molecule has 3 rings (SSSR count). The summed E-state index contributed by atoms with van der Waals surface area (Å²) in [5, 5.41) is 14.3. The van der Waals surface area contributed by atoms with E-state index in [1.165, 1.54) is 0 Å². The van der Waals surface area contributed by atoms with Crippen LogP contribution in [0.3, 0.4) is 0 Å². The number of aryl methyl sites for hydroxylation is 2. The molecular weight excluding hydrogens is 326 g/mol. The lowest BCUT2D eigenvalue weighted by molar-refractivity contribution is -0.139. The lowest BCUT2D eigenvalue weighted by atomic mass is 9.98. The van der Waals surface area contributed by atoms with Crippen molar-refractivity contribution in [3.8, 4) is 0 Å². The average Bonchev–Trinajstić information content (AvgIpc) is 2.60. The topological polar surface area (TPSA) is 66.4 Å². The quantitative estimate of drug-likeness (QED) is 0.736. The van der Waals surface area contributed by atoms with E-state index < -0.39 is 12.0 Å². The summed E-state index contributed by atoms with van der Waals surface area (Å²) < 4.78 is 0. The summed E-state index contributed by atoms with van der Waals surface area (Å²) in [7, 11) is 0. The number of aliphatic carboxylic acids is 1. The molecule has 3 aromatic rings. The molecule has 0 aromatic heterocycles. The molecule has 0 radical (unpaired) electrons. The van der Waals surface area contributed by atoms with Crippen LogP contribution < -0.4 is 5.32 Å². The summed E-state index contributed by atoms with van der Waals surface area (Å²) >= 11 is 0. The Balaban J connectivity index is 1.85. The highest BCUT2D eigenvalue weighted by molar-refractivity contribution is 5.97. The number of carbonyl (C=O) groups excluding carboxylic acids is 1. The summed E-state index contributed by atoms with van der Waals surface area (Å²) in [6, 6.07) is 18.1. The second kappa shape index (κ2) is 7.40. The van der Waals surface area contributed by atoms with Crippen LogP contribution in [0.1, 0.15) is 27.0 Å². The molecule has 1 amide bonds. The van der Waals surface area contributed by atoms with E-state index in [-0.39, 0.29) is 12.3 Å². The van der Waals surface area contributed by atoms with Crippen molar-refractivity contribution in [3.05, 3.63) is 82.9 Å². The van der Waals surface area contributed by atoms with Crippen molar-refractivity contribution in [1.29, 1.82) is 0 Å². The molecule has 0 aliphatic carbocycles. The van der Waals surface area contributed by atoms with E-state index in [0.717, 1.165) is 27.5 Å². The van der Waals surface area contributed by atoms with Crippen LogP contribution in [-0.2, 0) is 11.2 Å². The molecule has 0 aliphatic rings. The second-order valence-electron chi connectivity index (χ2n) is 6.58.